The Bertz CT molecular complexity index is 530. The van der Waals surface area contributed by atoms with Crippen LogP contribution in [0.15, 0.2) is 23.1 Å². The number of anilines is 1. The van der Waals surface area contributed by atoms with E-state index in [0.717, 1.165) is 42.0 Å². The first-order valence-electron chi connectivity index (χ1n) is 7.12. The molecule has 0 bridgehead atoms. The number of amides is 1. The van der Waals surface area contributed by atoms with E-state index in [4.69, 9.17) is 18.0 Å². The van der Waals surface area contributed by atoms with Crippen molar-refractivity contribution in [3.8, 4) is 0 Å². The van der Waals surface area contributed by atoms with Gasteiger partial charge < -0.3 is 16.4 Å². The molecule has 0 saturated heterocycles. The molecule has 1 aromatic rings. The van der Waals surface area contributed by atoms with Crippen molar-refractivity contribution in [3.63, 3.8) is 0 Å². The second-order valence-electron chi connectivity index (χ2n) is 5.12. The molecule has 0 heterocycles. The summed E-state index contributed by atoms with van der Waals surface area (Å²) in [5.41, 5.74) is 7.65. The third-order valence-corrected chi connectivity index (χ3v) is 4.32. The molecular formula is C15H21N3OS2. The highest BCUT2D eigenvalue weighted by atomic mass is 32.2. The van der Waals surface area contributed by atoms with Gasteiger partial charge in [-0.3, -0.25) is 4.79 Å². The van der Waals surface area contributed by atoms with Crippen LogP contribution in [0.25, 0.3) is 0 Å². The Labute approximate surface area is 135 Å². The zero-order valence-electron chi connectivity index (χ0n) is 12.1. The highest BCUT2D eigenvalue weighted by Crippen LogP contribution is 2.27. The minimum absolute atomic E-state index is 0.145. The van der Waals surface area contributed by atoms with Gasteiger partial charge in [-0.1, -0.05) is 18.3 Å². The fourth-order valence-electron chi connectivity index (χ4n) is 2.10. The summed E-state index contributed by atoms with van der Waals surface area (Å²) in [5, 5.41) is 6.32. The van der Waals surface area contributed by atoms with Gasteiger partial charge in [0.25, 0.3) is 0 Å². The van der Waals surface area contributed by atoms with Gasteiger partial charge in [0.1, 0.15) is 4.99 Å². The lowest BCUT2D eigenvalue weighted by molar-refractivity contribution is -0.121. The number of nitrogens with one attached hydrogen (secondary N) is 2. The molecule has 6 heteroatoms. The number of benzene rings is 1. The fraction of sp³-hybridized carbons (Fsp3) is 0.467. The number of carbonyl (C=O) groups excluding carboxylic acids is 1. The SMILES string of the molecule is CSc1cccc(NCCCC(=O)NC2CC2)c1C(N)=S. The number of hydrogen-bond acceptors (Lipinski definition) is 4. The van der Waals surface area contributed by atoms with Crippen LogP contribution in [-0.4, -0.2) is 29.7 Å². The molecule has 1 fully saturated rings. The van der Waals surface area contributed by atoms with Crippen molar-refractivity contribution in [2.45, 2.75) is 36.6 Å². The highest BCUT2D eigenvalue weighted by molar-refractivity contribution is 7.98. The summed E-state index contributed by atoms with van der Waals surface area (Å²) in [7, 11) is 0. The average Bonchev–Trinajstić information content (AvgIpc) is 3.26. The maximum absolute atomic E-state index is 11.6. The smallest absolute Gasteiger partial charge is 0.220 e. The number of hydrogen-bond donors (Lipinski definition) is 3. The number of nitrogens with two attached hydrogens (primary N) is 1. The quantitative estimate of drug-likeness (QED) is 0.390. The Morgan fingerprint density at radius 3 is 2.86 bits per heavy atom. The van der Waals surface area contributed by atoms with Gasteiger partial charge in [0.05, 0.1) is 0 Å². The van der Waals surface area contributed by atoms with Crippen LogP contribution in [0.2, 0.25) is 0 Å². The summed E-state index contributed by atoms with van der Waals surface area (Å²) >= 11 is 6.76. The molecule has 0 spiro atoms. The summed E-state index contributed by atoms with van der Waals surface area (Å²) in [6, 6.07) is 6.40. The summed E-state index contributed by atoms with van der Waals surface area (Å²) in [5.74, 6) is 0.145. The van der Waals surface area contributed by atoms with Crippen LogP contribution in [0.3, 0.4) is 0 Å². The summed E-state index contributed by atoms with van der Waals surface area (Å²) in [6.07, 6.45) is 5.60. The van der Waals surface area contributed by atoms with Crippen molar-refractivity contribution < 1.29 is 4.79 Å². The molecule has 0 radical (unpaired) electrons. The van der Waals surface area contributed by atoms with Crippen molar-refractivity contribution >= 4 is 40.6 Å². The molecule has 4 nitrogen and oxygen atoms in total. The van der Waals surface area contributed by atoms with Crippen LogP contribution < -0.4 is 16.4 Å². The van der Waals surface area contributed by atoms with Crippen LogP contribution in [0, 0.1) is 0 Å². The van der Waals surface area contributed by atoms with Gasteiger partial charge in [-0.15, -0.1) is 11.8 Å². The van der Waals surface area contributed by atoms with Gasteiger partial charge >= 0.3 is 0 Å². The number of thiocarbonyl (C=S) groups is 1. The van der Waals surface area contributed by atoms with Crippen molar-refractivity contribution in [2.75, 3.05) is 18.1 Å². The average molecular weight is 323 g/mol. The molecule has 0 atom stereocenters. The van der Waals surface area contributed by atoms with Gasteiger partial charge in [-0.05, 0) is 37.7 Å². The molecule has 0 unspecified atom stereocenters. The van der Waals surface area contributed by atoms with Crippen molar-refractivity contribution in [1.82, 2.24) is 5.32 Å². The summed E-state index contributed by atoms with van der Waals surface area (Å²) in [4.78, 5) is 13.1. The predicted octanol–water partition coefficient (Wildman–Crippen LogP) is 2.51. The fourth-order valence-corrected chi connectivity index (χ4v) is 3.03. The first-order chi connectivity index (χ1) is 10.1. The number of thioether (sulfide) groups is 1. The first kappa shape index (κ1) is 16.1. The van der Waals surface area contributed by atoms with E-state index in [9.17, 15) is 4.79 Å². The normalized spacial score (nSPS) is 13.8. The van der Waals surface area contributed by atoms with E-state index in [2.05, 4.69) is 10.6 Å². The second kappa shape index (κ2) is 7.66. The van der Waals surface area contributed by atoms with E-state index >= 15 is 0 Å². The molecule has 0 aliphatic heterocycles. The monoisotopic (exact) mass is 323 g/mol. The molecule has 114 valence electrons. The molecule has 4 N–H and O–H groups in total. The Morgan fingerprint density at radius 1 is 1.48 bits per heavy atom. The van der Waals surface area contributed by atoms with Crippen LogP contribution in [0.1, 0.15) is 31.2 Å². The standard InChI is InChI=1S/C15H21N3OS2/c1-21-12-5-2-4-11(14(12)15(16)20)17-9-3-6-13(19)18-10-7-8-10/h2,4-5,10,17H,3,6-9H2,1H3,(H2,16,20)(H,18,19). The maximum atomic E-state index is 11.6. The Hall–Kier alpha value is -1.27. The highest BCUT2D eigenvalue weighted by Gasteiger charge is 2.22. The third-order valence-electron chi connectivity index (χ3n) is 3.33. The lowest BCUT2D eigenvalue weighted by atomic mass is 10.1. The van der Waals surface area contributed by atoms with Crippen molar-refractivity contribution in [2.24, 2.45) is 5.73 Å². The summed E-state index contributed by atoms with van der Waals surface area (Å²) < 4.78 is 0. The topological polar surface area (TPSA) is 67.2 Å². The maximum Gasteiger partial charge on any atom is 0.220 e. The van der Waals surface area contributed by atoms with E-state index < -0.39 is 0 Å². The van der Waals surface area contributed by atoms with Gasteiger partial charge in [-0.2, -0.15) is 0 Å². The molecule has 1 aliphatic carbocycles. The molecule has 1 saturated carbocycles. The lowest BCUT2D eigenvalue weighted by Gasteiger charge is -2.14. The first-order valence-corrected chi connectivity index (χ1v) is 8.75. The van der Waals surface area contributed by atoms with Gasteiger partial charge in [0, 0.05) is 35.2 Å². The number of carbonyl (C=O) groups is 1. The van der Waals surface area contributed by atoms with Gasteiger partial charge in [0.15, 0.2) is 0 Å². The molecule has 1 aromatic carbocycles. The van der Waals surface area contributed by atoms with Crippen LogP contribution in [-0.2, 0) is 4.79 Å². The van der Waals surface area contributed by atoms with E-state index in [-0.39, 0.29) is 5.91 Å². The van der Waals surface area contributed by atoms with E-state index in [1.54, 1.807) is 11.8 Å². The van der Waals surface area contributed by atoms with Gasteiger partial charge in [-0.25, -0.2) is 0 Å². The third kappa shape index (κ3) is 4.89. The molecule has 2 rings (SSSR count). The van der Waals surface area contributed by atoms with Crippen LogP contribution in [0.4, 0.5) is 5.69 Å². The Kier molecular flexibility index (Phi) is 5.87. The van der Waals surface area contributed by atoms with Crippen LogP contribution >= 0.6 is 24.0 Å². The van der Waals surface area contributed by atoms with Gasteiger partial charge in [0.2, 0.25) is 5.91 Å². The lowest BCUT2D eigenvalue weighted by Crippen LogP contribution is -2.25. The second-order valence-corrected chi connectivity index (χ2v) is 6.41. The zero-order chi connectivity index (χ0) is 15.2. The zero-order valence-corrected chi connectivity index (χ0v) is 13.8. The molecule has 21 heavy (non-hydrogen) atoms. The molecular weight excluding hydrogens is 302 g/mol. The molecule has 0 aromatic heterocycles. The molecule has 1 amide bonds. The number of rotatable bonds is 8. The minimum Gasteiger partial charge on any atom is -0.389 e. The van der Waals surface area contributed by atoms with E-state index in [1.165, 1.54) is 0 Å². The van der Waals surface area contributed by atoms with Crippen molar-refractivity contribution in [3.05, 3.63) is 23.8 Å². The van der Waals surface area contributed by atoms with Crippen LogP contribution in [0.5, 0.6) is 0 Å². The van der Waals surface area contributed by atoms with E-state index in [0.29, 0.717) is 17.5 Å². The predicted molar refractivity (Wildman–Crippen MR) is 93.0 cm³/mol. The van der Waals surface area contributed by atoms with Crippen molar-refractivity contribution in [1.29, 1.82) is 0 Å². The Balaban J connectivity index is 1.84. The largest absolute Gasteiger partial charge is 0.389 e. The summed E-state index contributed by atoms with van der Waals surface area (Å²) in [6.45, 7) is 0.728. The van der Waals surface area contributed by atoms with E-state index in [1.807, 2.05) is 24.5 Å². The minimum atomic E-state index is 0.145. The molecule has 1 aliphatic rings. The Morgan fingerprint density at radius 2 is 2.24 bits per heavy atom.